The second kappa shape index (κ2) is 25.5. The lowest BCUT2D eigenvalue weighted by atomic mass is 9.50. The van der Waals surface area contributed by atoms with Crippen molar-refractivity contribution in [2.45, 2.75) is 197 Å². The van der Waals surface area contributed by atoms with E-state index in [0.29, 0.717) is 90.1 Å². The number of benzene rings is 2. The Morgan fingerprint density at radius 2 is 1.69 bits per heavy atom. The molecule has 1 saturated heterocycles. The molecule has 15 heteroatoms. The highest BCUT2D eigenvalue weighted by Gasteiger charge is 2.64. The van der Waals surface area contributed by atoms with Gasteiger partial charge in [-0.25, -0.2) is 4.99 Å². The highest BCUT2D eigenvalue weighted by atomic mass is 33.1. The number of furan rings is 1. The van der Waals surface area contributed by atoms with Gasteiger partial charge in [-0.2, -0.15) is 0 Å². The van der Waals surface area contributed by atoms with Gasteiger partial charge < -0.3 is 61.8 Å². The van der Waals surface area contributed by atoms with Crippen LogP contribution in [0.15, 0.2) is 88.3 Å². The normalized spacial score (nSPS) is 35.1. The van der Waals surface area contributed by atoms with Crippen LogP contribution in [-0.2, 0) is 25.9 Å². The molecule has 2 aliphatic heterocycles. The number of hydrogen-bond acceptors (Lipinski definition) is 12. The second-order valence-electron chi connectivity index (χ2n) is 28.7. The van der Waals surface area contributed by atoms with Gasteiger partial charge in [0.05, 0.1) is 18.8 Å². The van der Waals surface area contributed by atoms with Crippen molar-refractivity contribution in [2.75, 3.05) is 31.2 Å². The van der Waals surface area contributed by atoms with Crippen molar-refractivity contribution in [3.05, 3.63) is 124 Å². The summed E-state index contributed by atoms with van der Waals surface area (Å²) in [6.45, 7) is 5.51. The molecular formula is C71H98N6O7S2. The van der Waals surface area contributed by atoms with Crippen molar-refractivity contribution in [2.24, 2.45) is 74.1 Å². The summed E-state index contributed by atoms with van der Waals surface area (Å²) in [4.78, 5) is 9.10. The van der Waals surface area contributed by atoms with E-state index in [9.17, 15) is 25.5 Å². The van der Waals surface area contributed by atoms with Gasteiger partial charge in [-0.3, -0.25) is 0 Å². The highest BCUT2D eigenvalue weighted by Crippen LogP contribution is 2.72. The van der Waals surface area contributed by atoms with Crippen molar-refractivity contribution >= 4 is 27.5 Å². The molecule has 0 amide bonds. The third-order valence-electron chi connectivity index (χ3n) is 24.0. The third-order valence-corrected chi connectivity index (χ3v) is 26.4. The number of allylic oxidation sites excluding steroid dienone is 4. The number of aliphatic hydroxyl groups is 3. The van der Waals surface area contributed by atoms with Gasteiger partial charge in [0.25, 0.3) is 0 Å². The number of ether oxygens (including phenoxy) is 1. The minimum Gasteiger partial charge on any atom is -0.508 e. The summed E-state index contributed by atoms with van der Waals surface area (Å²) in [5, 5.41) is 61.0. The maximum atomic E-state index is 11.9. The van der Waals surface area contributed by atoms with E-state index in [1.807, 2.05) is 46.7 Å². The number of fused-ring (bicyclic) bond motifs is 5. The number of guanidine groups is 1. The van der Waals surface area contributed by atoms with Crippen molar-refractivity contribution in [3.63, 3.8) is 0 Å². The Morgan fingerprint density at radius 1 is 0.860 bits per heavy atom. The summed E-state index contributed by atoms with van der Waals surface area (Å²) in [6, 6.07) is 18.0. The van der Waals surface area contributed by atoms with Crippen molar-refractivity contribution in [1.82, 2.24) is 15.6 Å². The van der Waals surface area contributed by atoms with Crippen LogP contribution in [0.2, 0.25) is 0 Å². The van der Waals surface area contributed by atoms with Crippen LogP contribution in [0.5, 0.6) is 17.2 Å². The van der Waals surface area contributed by atoms with E-state index in [0.717, 1.165) is 97.8 Å². The molecule has 2 aromatic carbocycles. The molecular weight excluding hydrogens is 1110 g/mol. The molecule has 0 radical (unpaired) electrons. The number of nitrogens with two attached hydrogens (primary N) is 2. The highest BCUT2D eigenvalue weighted by molar-refractivity contribution is 8.76. The fourth-order valence-electron chi connectivity index (χ4n) is 19.7. The number of nitrogens with zero attached hydrogens (tertiary/aromatic N) is 1. The predicted molar refractivity (Wildman–Crippen MR) is 345 cm³/mol. The molecule has 2 aromatic heterocycles. The first-order chi connectivity index (χ1) is 41.7. The summed E-state index contributed by atoms with van der Waals surface area (Å²) in [7, 11) is 3.96. The molecule has 13 nitrogen and oxygen atoms in total. The molecule has 4 heterocycles. The van der Waals surface area contributed by atoms with Crippen molar-refractivity contribution < 1.29 is 34.7 Å². The molecule has 9 aliphatic carbocycles. The number of phenolic OH excluding ortho intramolecular Hbond substituents is 2. The standard InChI is InChI=1S/C71H98N6O7S2/c1-42(79)36-74-37-57-54-35-60(76-67(54)55-22-28-71(57)25-6-9-66(71)70(55)23-3-4-24-70)63(82)39-83-65-30-44(11-18-62(65)81)10-17-53-32-50(38-78)64(84-53)19-12-45-20-26-69-27-21-47-33-56(69)49(29-45)34-59(72)58(69)40-85-86-41-61(43(47)2)77-68(73)75-51-8-5-7-48(31-51)46-13-15-52(80)16-14-46/h11,13-16,18,21-22,27-28,30,32,35,42-43,45,47-49,51,55-59,61,63,66,74,76,78-82H,3-10,12,17,19-20,23-26,29,31,33-34,36-41,72H2,1-2H3,(H3,73,75,77)/t42-,43+,45-,47+,48-,49+,51-,55+,56+,57-,58-,59-,61-,63-,66+,69-,71-/m0/s1. The molecule has 466 valence electrons. The summed E-state index contributed by atoms with van der Waals surface area (Å²) in [5.41, 5.74) is 21.0. The average Bonchev–Trinajstić information content (AvgIpc) is 1.55. The van der Waals surface area contributed by atoms with Crippen LogP contribution in [0.4, 0.5) is 0 Å². The maximum Gasteiger partial charge on any atom is 0.189 e. The van der Waals surface area contributed by atoms with E-state index in [-0.39, 0.29) is 59.3 Å². The van der Waals surface area contributed by atoms with E-state index >= 15 is 0 Å². The Bertz CT molecular complexity index is 3080. The number of aryl methyl sites for hydroxylation is 3. The van der Waals surface area contributed by atoms with E-state index < -0.39 is 12.2 Å². The van der Waals surface area contributed by atoms with Crippen molar-refractivity contribution in [3.8, 4) is 17.2 Å². The Morgan fingerprint density at radius 3 is 2.51 bits per heavy atom. The summed E-state index contributed by atoms with van der Waals surface area (Å²) in [6.07, 6.45) is 31.0. The molecule has 4 aromatic rings. The predicted octanol–water partition coefficient (Wildman–Crippen LogP) is 12.4. The number of rotatable bonds is 18. The van der Waals surface area contributed by atoms with Gasteiger partial charge in [0.15, 0.2) is 17.5 Å². The number of hydrogen-bond donors (Lipinski definition) is 10. The van der Waals surface area contributed by atoms with Crippen LogP contribution in [-0.4, -0.2) is 91.9 Å². The summed E-state index contributed by atoms with van der Waals surface area (Å²) >= 11 is 0. The Balaban J connectivity index is 0.632. The lowest BCUT2D eigenvalue weighted by Crippen LogP contribution is -2.55. The van der Waals surface area contributed by atoms with Gasteiger partial charge in [-0.05, 0) is 213 Å². The number of nitrogens with one attached hydrogen (secondary N) is 3. The van der Waals surface area contributed by atoms with Gasteiger partial charge in [-0.15, -0.1) is 0 Å². The second-order valence-corrected chi connectivity index (χ2v) is 31.2. The molecule has 6 fully saturated rings. The molecule has 12 N–H and O–H groups in total. The maximum absolute atomic E-state index is 11.9. The van der Waals surface area contributed by atoms with Crippen LogP contribution < -0.4 is 26.8 Å². The number of aromatic amines is 1. The van der Waals surface area contributed by atoms with Crippen LogP contribution in [0.25, 0.3) is 0 Å². The average molecular weight is 1210 g/mol. The smallest absolute Gasteiger partial charge is 0.189 e. The summed E-state index contributed by atoms with van der Waals surface area (Å²) in [5.74, 6) is 9.48. The number of H-pyrrole nitrogens is 1. The number of phenols is 2. The molecule has 3 spiro atoms. The Labute approximate surface area is 518 Å². The Kier molecular flexibility index (Phi) is 18.0. The first-order valence-electron chi connectivity index (χ1n) is 33.5. The van der Waals surface area contributed by atoms with Gasteiger partial charge in [-0.1, -0.05) is 96.7 Å². The quantitative estimate of drug-likeness (QED) is 0.0194. The summed E-state index contributed by atoms with van der Waals surface area (Å²) < 4.78 is 12.9. The molecule has 17 atom stereocenters. The molecule has 86 heavy (non-hydrogen) atoms. The van der Waals surface area contributed by atoms with Gasteiger partial charge in [0, 0.05) is 78.3 Å². The molecule has 0 unspecified atom stereocenters. The van der Waals surface area contributed by atoms with Gasteiger partial charge in [0.2, 0.25) is 0 Å². The fourth-order valence-corrected chi connectivity index (χ4v) is 22.6. The van der Waals surface area contributed by atoms with Crippen LogP contribution in [0, 0.1) is 57.7 Å². The van der Waals surface area contributed by atoms with Crippen LogP contribution in [0.1, 0.15) is 192 Å². The van der Waals surface area contributed by atoms with Gasteiger partial charge >= 0.3 is 0 Å². The first kappa shape index (κ1) is 60.6. The minimum atomic E-state index is -0.923. The zero-order chi connectivity index (χ0) is 59.3. The first-order valence-corrected chi connectivity index (χ1v) is 35.9. The number of aromatic nitrogens is 1. The van der Waals surface area contributed by atoms with Crippen molar-refractivity contribution in [1.29, 1.82) is 0 Å². The van der Waals surface area contributed by atoms with Crippen LogP contribution >= 0.6 is 21.6 Å². The Hall–Kier alpha value is -4.35. The van der Waals surface area contributed by atoms with Gasteiger partial charge in [0.1, 0.15) is 30.0 Å². The monoisotopic (exact) mass is 1210 g/mol. The fraction of sp³-hybridized carbons (Fsp3) is 0.648. The molecule has 5 saturated carbocycles. The van der Waals surface area contributed by atoms with E-state index in [1.54, 1.807) is 18.2 Å². The lowest BCUT2D eigenvalue weighted by Gasteiger charge is -2.56. The van der Waals surface area contributed by atoms with Crippen LogP contribution in [0.3, 0.4) is 0 Å². The topological polar surface area (TPSA) is 228 Å². The van der Waals surface area contributed by atoms with E-state index in [1.165, 1.54) is 81.0 Å². The van der Waals surface area contributed by atoms with E-state index in [2.05, 4.69) is 65.0 Å². The zero-order valence-corrected chi connectivity index (χ0v) is 52.7. The number of aliphatic hydroxyl groups excluding tert-OH is 3. The lowest BCUT2D eigenvalue weighted by molar-refractivity contribution is -0.00497. The van der Waals surface area contributed by atoms with E-state index in [4.69, 9.17) is 25.6 Å². The zero-order valence-electron chi connectivity index (χ0n) is 51.0. The SMILES string of the molecule is C[C@@H]1[C@@H]2C=C[C@]34CC[C@H](CCc5oc(CCc6ccc(O)c(OC[C@H](O)c7cc8c([nH]7)[C@H]7C=C[C@@]9(CCC[C@@H]9C79CCCC9)[C@H]8CNC[C@H](C)O)c6)cc5CO)C[C@H](C[C@H](N)[C@@H]3CSSC[C@@H]1N=C(N)N[C@H]1CCC[C@H](c3ccc(O)cc3)C1)[C@H]4C2. The third kappa shape index (κ3) is 11.8. The number of aliphatic imine (C=N–C) groups is 1. The molecule has 7 bridgehead atoms. The molecule has 11 aliphatic rings. The number of aromatic hydroxyl groups is 2. The molecule has 15 rings (SSSR count). The minimum absolute atomic E-state index is 0.00944. The largest absolute Gasteiger partial charge is 0.508 e.